The predicted octanol–water partition coefficient (Wildman–Crippen LogP) is 2.37. The average molecular weight is 396 g/mol. The third kappa shape index (κ3) is 4.55. The Labute approximate surface area is 166 Å². The summed E-state index contributed by atoms with van der Waals surface area (Å²) in [7, 11) is 1.57. The van der Waals surface area contributed by atoms with E-state index in [0.717, 1.165) is 16.8 Å². The van der Waals surface area contributed by atoms with E-state index in [0.29, 0.717) is 16.4 Å². The number of aryl methyl sites for hydroxylation is 2. The van der Waals surface area contributed by atoms with Gasteiger partial charge in [0.15, 0.2) is 0 Å². The summed E-state index contributed by atoms with van der Waals surface area (Å²) >= 11 is 1.25. The zero-order valence-corrected chi connectivity index (χ0v) is 16.6. The number of hydrogen-bond acceptors (Lipinski definition) is 6. The van der Waals surface area contributed by atoms with Gasteiger partial charge in [-0.2, -0.15) is 4.68 Å². The lowest BCUT2D eigenvalue weighted by Crippen LogP contribution is -2.18. The third-order valence-corrected chi connectivity index (χ3v) is 4.94. The first-order valence-corrected chi connectivity index (χ1v) is 9.57. The Hall–Kier alpha value is -3.20. The van der Waals surface area contributed by atoms with Crippen molar-refractivity contribution < 1.29 is 9.59 Å². The zero-order valence-electron chi connectivity index (χ0n) is 15.8. The van der Waals surface area contributed by atoms with E-state index in [4.69, 9.17) is 0 Å². The third-order valence-electron chi connectivity index (χ3n) is 4.02. The van der Waals surface area contributed by atoms with Gasteiger partial charge in [-0.25, -0.2) is 0 Å². The number of carbonyl (C=O) groups excluding carboxylic acids is 2. The van der Waals surface area contributed by atoms with Crippen molar-refractivity contribution in [3.63, 3.8) is 0 Å². The molecule has 8 nitrogen and oxygen atoms in total. The summed E-state index contributed by atoms with van der Waals surface area (Å²) in [5.74, 6) is -0.206. The van der Waals surface area contributed by atoms with E-state index < -0.39 is 0 Å². The van der Waals surface area contributed by atoms with Gasteiger partial charge in [0, 0.05) is 18.3 Å². The largest absolute Gasteiger partial charge is 0.355 e. The normalized spacial score (nSPS) is 10.5. The molecule has 0 aliphatic heterocycles. The van der Waals surface area contributed by atoms with Crippen molar-refractivity contribution >= 4 is 29.3 Å². The van der Waals surface area contributed by atoms with E-state index in [1.165, 1.54) is 11.8 Å². The summed E-state index contributed by atoms with van der Waals surface area (Å²) in [6, 6.07) is 12.7. The van der Waals surface area contributed by atoms with Gasteiger partial charge < -0.3 is 10.6 Å². The number of amides is 2. The standard InChI is InChI=1S/C19H20N6O2S/c1-12-4-5-13(2)16(10-12)25-19(22-23-24-25)28-11-17(26)21-15-8-6-14(7-9-15)18(27)20-3/h4-10H,11H2,1-3H3,(H,20,27)(H,21,26). The first-order chi connectivity index (χ1) is 13.5. The lowest BCUT2D eigenvalue weighted by atomic mass is 10.1. The maximum absolute atomic E-state index is 12.3. The predicted molar refractivity (Wildman–Crippen MR) is 108 cm³/mol. The zero-order chi connectivity index (χ0) is 20.1. The molecule has 3 aromatic rings. The van der Waals surface area contributed by atoms with Crippen LogP contribution in [0.4, 0.5) is 5.69 Å². The fourth-order valence-corrected chi connectivity index (χ4v) is 3.23. The van der Waals surface area contributed by atoms with Crippen LogP contribution in [0.1, 0.15) is 21.5 Å². The average Bonchev–Trinajstić information content (AvgIpc) is 3.16. The lowest BCUT2D eigenvalue weighted by molar-refractivity contribution is -0.113. The van der Waals surface area contributed by atoms with Crippen LogP contribution < -0.4 is 10.6 Å². The SMILES string of the molecule is CNC(=O)c1ccc(NC(=O)CSc2nnnn2-c2cc(C)ccc2C)cc1. The van der Waals surface area contributed by atoms with Crippen LogP contribution in [0.2, 0.25) is 0 Å². The number of aromatic nitrogens is 4. The number of thioether (sulfide) groups is 1. The molecule has 0 aliphatic carbocycles. The van der Waals surface area contributed by atoms with Crippen LogP contribution in [0.3, 0.4) is 0 Å². The molecule has 0 spiro atoms. The molecule has 2 N–H and O–H groups in total. The Kier molecular flexibility index (Phi) is 6.05. The molecule has 0 unspecified atom stereocenters. The summed E-state index contributed by atoms with van der Waals surface area (Å²) < 4.78 is 1.64. The van der Waals surface area contributed by atoms with E-state index in [-0.39, 0.29) is 17.6 Å². The summed E-state index contributed by atoms with van der Waals surface area (Å²) in [5, 5.41) is 17.7. The molecule has 0 aliphatic rings. The van der Waals surface area contributed by atoms with Crippen LogP contribution in [0.15, 0.2) is 47.6 Å². The van der Waals surface area contributed by atoms with Crippen LogP contribution >= 0.6 is 11.8 Å². The highest BCUT2D eigenvalue weighted by molar-refractivity contribution is 7.99. The van der Waals surface area contributed by atoms with Crippen molar-refractivity contribution in [1.29, 1.82) is 0 Å². The van der Waals surface area contributed by atoms with Gasteiger partial charge in [0.05, 0.1) is 11.4 Å². The summed E-state index contributed by atoms with van der Waals surface area (Å²) in [4.78, 5) is 23.8. The smallest absolute Gasteiger partial charge is 0.251 e. The molecule has 0 atom stereocenters. The second-order valence-corrected chi connectivity index (χ2v) is 7.10. The quantitative estimate of drug-likeness (QED) is 0.620. The lowest BCUT2D eigenvalue weighted by Gasteiger charge is -2.09. The van der Waals surface area contributed by atoms with Gasteiger partial charge in [0.2, 0.25) is 11.1 Å². The number of nitrogens with one attached hydrogen (secondary N) is 2. The monoisotopic (exact) mass is 396 g/mol. The first kappa shape index (κ1) is 19.6. The summed E-state index contributed by atoms with van der Waals surface area (Å²) in [6.07, 6.45) is 0. The topological polar surface area (TPSA) is 102 Å². The molecule has 0 radical (unpaired) electrons. The van der Waals surface area contributed by atoms with Gasteiger partial charge in [-0.15, -0.1) is 5.10 Å². The van der Waals surface area contributed by atoms with Crippen LogP contribution in [-0.4, -0.2) is 44.8 Å². The Morgan fingerprint density at radius 2 is 1.86 bits per heavy atom. The maximum Gasteiger partial charge on any atom is 0.251 e. The van der Waals surface area contributed by atoms with E-state index in [2.05, 4.69) is 26.2 Å². The molecule has 0 fully saturated rings. The summed E-state index contributed by atoms with van der Waals surface area (Å²) in [5.41, 5.74) is 4.18. The molecule has 2 amide bonds. The number of benzene rings is 2. The van der Waals surface area contributed by atoms with E-state index in [1.807, 2.05) is 32.0 Å². The minimum Gasteiger partial charge on any atom is -0.355 e. The van der Waals surface area contributed by atoms with Crippen LogP contribution in [-0.2, 0) is 4.79 Å². The molecular weight excluding hydrogens is 376 g/mol. The van der Waals surface area contributed by atoms with E-state index >= 15 is 0 Å². The van der Waals surface area contributed by atoms with E-state index in [1.54, 1.807) is 36.0 Å². The Balaban J connectivity index is 1.64. The van der Waals surface area contributed by atoms with Crippen LogP contribution in [0, 0.1) is 13.8 Å². The molecule has 2 aromatic carbocycles. The second-order valence-electron chi connectivity index (χ2n) is 6.16. The fraction of sp³-hybridized carbons (Fsp3) is 0.211. The maximum atomic E-state index is 12.3. The van der Waals surface area contributed by atoms with Crippen molar-refractivity contribution in [2.24, 2.45) is 0 Å². The molecule has 0 saturated heterocycles. The molecule has 144 valence electrons. The minimum atomic E-state index is -0.187. The summed E-state index contributed by atoms with van der Waals surface area (Å²) in [6.45, 7) is 3.99. The first-order valence-electron chi connectivity index (χ1n) is 8.58. The highest BCUT2D eigenvalue weighted by atomic mass is 32.2. The minimum absolute atomic E-state index is 0.155. The van der Waals surface area contributed by atoms with E-state index in [9.17, 15) is 9.59 Å². The number of hydrogen-bond donors (Lipinski definition) is 2. The van der Waals surface area contributed by atoms with Gasteiger partial charge in [-0.05, 0) is 65.7 Å². The van der Waals surface area contributed by atoms with Gasteiger partial charge in [0.25, 0.3) is 5.91 Å². The highest BCUT2D eigenvalue weighted by Crippen LogP contribution is 2.22. The molecule has 0 bridgehead atoms. The van der Waals surface area contributed by atoms with Gasteiger partial charge in [-0.3, -0.25) is 9.59 Å². The number of nitrogens with zero attached hydrogens (tertiary/aromatic N) is 4. The van der Waals surface area contributed by atoms with Gasteiger partial charge in [-0.1, -0.05) is 23.9 Å². The number of tetrazole rings is 1. The Morgan fingerprint density at radius 3 is 2.57 bits per heavy atom. The molecule has 1 heterocycles. The van der Waals surface area contributed by atoms with Crippen LogP contribution in [0.25, 0.3) is 5.69 Å². The van der Waals surface area contributed by atoms with Crippen molar-refractivity contribution in [3.8, 4) is 5.69 Å². The molecule has 9 heteroatoms. The van der Waals surface area contributed by atoms with Gasteiger partial charge in [0.1, 0.15) is 0 Å². The highest BCUT2D eigenvalue weighted by Gasteiger charge is 2.13. The number of rotatable bonds is 6. The molecule has 1 aromatic heterocycles. The second kappa shape index (κ2) is 8.66. The van der Waals surface area contributed by atoms with Gasteiger partial charge >= 0.3 is 0 Å². The Morgan fingerprint density at radius 1 is 1.11 bits per heavy atom. The van der Waals surface area contributed by atoms with Crippen molar-refractivity contribution in [2.75, 3.05) is 18.1 Å². The van der Waals surface area contributed by atoms with Crippen LogP contribution in [0.5, 0.6) is 0 Å². The van der Waals surface area contributed by atoms with Crippen molar-refractivity contribution in [3.05, 3.63) is 59.2 Å². The Bertz CT molecular complexity index is 1000. The number of anilines is 1. The number of carbonyl (C=O) groups is 2. The molecular formula is C19H20N6O2S. The van der Waals surface area contributed by atoms with Crippen molar-refractivity contribution in [2.45, 2.75) is 19.0 Å². The fourth-order valence-electron chi connectivity index (χ4n) is 2.54. The molecule has 3 rings (SSSR count). The van der Waals surface area contributed by atoms with Crippen molar-refractivity contribution in [1.82, 2.24) is 25.5 Å². The molecule has 0 saturated carbocycles. The molecule has 28 heavy (non-hydrogen) atoms.